The molecule has 0 bridgehead atoms. The van der Waals surface area contributed by atoms with E-state index in [1.54, 1.807) is 7.11 Å². The molecular formula is C14H26N4O. The second kappa shape index (κ2) is 8.07. The van der Waals surface area contributed by atoms with E-state index in [2.05, 4.69) is 48.1 Å². The van der Waals surface area contributed by atoms with Crippen LogP contribution in [-0.4, -0.2) is 42.5 Å². The fourth-order valence-electron chi connectivity index (χ4n) is 1.74. The maximum absolute atomic E-state index is 5.13. The van der Waals surface area contributed by atoms with Gasteiger partial charge in [0, 0.05) is 32.3 Å². The van der Waals surface area contributed by atoms with Gasteiger partial charge in [-0.1, -0.05) is 13.8 Å². The van der Waals surface area contributed by atoms with Crippen LogP contribution >= 0.6 is 0 Å². The second-order valence-electron chi connectivity index (χ2n) is 5.20. The molecule has 5 nitrogen and oxygen atoms in total. The summed E-state index contributed by atoms with van der Waals surface area (Å²) in [6, 6.07) is 4.89. The molecule has 0 saturated carbocycles. The Bertz CT molecular complexity index is 351. The molecule has 1 aromatic heterocycles. The van der Waals surface area contributed by atoms with Crippen LogP contribution in [0.15, 0.2) is 12.1 Å². The van der Waals surface area contributed by atoms with Gasteiger partial charge in [0.2, 0.25) is 0 Å². The lowest BCUT2D eigenvalue weighted by Gasteiger charge is -2.27. The summed E-state index contributed by atoms with van der Waals surface area (Å²) in [6.45, 7) is 10.8. The number of aromatic nitrogens is 2. The van der Waals surface area contributed by atoms with Crippen molar-refractivity contribution in [2.45, 2.75) is 46.3 Å². The van der Waals surface area contributed by atoms with E-state index in [1.165, 1.54) is 0 Å². The normalized spacial score (nSPS) is 11.3. The summed E-state index contributed by atoms with van der Waals surface area (Å²) in [7, 11) is 1.71. The maximum atomic E-state index is 5.13. The summed E-state index contributed by atoms with van der Waals surface area (Å²) in [5, 5.41) is 11.9. The van der Waals surface area contributed by atoms with Gasteiger partial charge in [0.05, 0.1) is 12.3 Å². The zero-order valence-corrected chi connectivity index (χ0v) is 12.7. The third-order valence-electron chi connectivity index (χ3n) is 2.85. The van der Waals surface area contributed by atoms with Crippen LogP contribution in [0.4, 0.5) is 5.82 Å². The molecule has 0 aliphatic carbocycles. The minimum absolute atomic E-state index is 0.379. The van der Waals surface area contributed by atoms with Crippen LogP contribution in [0.1, 0.15) is 33.4 Å². The standard InChI is InChI=1S/C14H26N4O/c1-11(2)15-10-13-6-7-14(17-16-13)18(12(3)4)8-9-19-5/h6-7,11-12,15H,8-10H2,1-5H3. The summed E-state index contributed by atoms with van der Waals surface area (Å²) in [6.07, 6.45) is 0. The first-order valence-electron chi connectivity index (χ1n) is 6.86. The van der Waals surface area contributed by atoms with Gasteiger partial charge >= 0.3 is 0 Å². The van der Waals surface area contributed by atoms with Gasteiger partial charge in [-0.2, -0.15) is 5.10 Å². The van der Waals surface area contributed by atoms with Crippen molar-refractivity contribution in [3.63, 3.8) is 0 Å². The minimum atomic E-state index is 0.379. The van der Waals surface area contributed by atoms with Crippen molar-refractivity contribution in [1.82, 2.24) is 15.5 Å². The fraction of sp³-hybridized carbons (Fsp3) is 0.714. The molecule has 1 aromatic rings. The van der Waals surface area contributed by atoms with Gasteiger partial charge in [-0.05, 0) is 26.0 Å². The number of hydrogen-bond donors (Lipinski definition) is 1. The number of hydrogen-bond acceptors (Lipinski definition) is 5. The highest BCUT2D eigenvalue weighted by Gasteiger charge is 2.12. The minimum Gasteiger partial charge on any atom is -0.383 e. The molecule has 108 valence electrons. The van der Waals surface area contributed by atoms with Crippen LogP contribution in [0.2, 0.25) is 0 Å². The number of rotatable bonds is 8. The Balaban J connectivity index is 2.66. The zero-order chi connectivity index (χ0) is 14.3. The van der Waals surface area contributed by atoms with E-state index < -0.39 is 0 Å². The molecule has 1 heterocycles. The molecule has 0 atom stereocenters. The Hall–Kier alpha value is -1.20. The first-order valence-corrected chi connectivity index (χ1v) is 6.86. The number of nitrogens with one attached hydrogen (secondary N) is 1. The predicted molar refractivity (Wildman–Crippen MR) is 78.4 cm³/mol. The summed E-state index contributed by atoms with van der Waals surface area (Å²) in [5.41, 5.74) is 0.966. The SMILES string of the molecule is COCCN(c1ccc(CNC(C)C)nn1)C(C)C. The molecular weight excluding hydrogens is 240 g/mol. The van der Waals surface area contributed by atoms with E-state index in [9.17, 15) is 0 Å². The molecule has 0 spiro atoms. The van der Waals surface area contributed by atoms with Crippen molar-refractivity contribution in [2.75, 3.05) is 25.2 Å². The zero-order valence-electron chi connectivity index (χ0n) is 12.7. The molecule has 0 amide bonds. The number of ether oxygens (including phenoxy) is 1. The van der Waals surface area contributed by atoms with Crippen LogP contribution in [0.25, 0.3) is 0 Å². The average molecular weight is 266 g/mol. The molecule has 0 saturated heterocycles. The topological polar surface area (TPSA) is 50.3 Å². The Labute approximate surface area is 116 Å². The van der Waals surface area contributed by atoms with Gasteiger partial charge < -0.3 is 15.0 Å². The predicted octanol–water partition coefficient (Wildman–Crippen LogP) is 1.84. The maximum Gasteiger partial charge on any atom is 0.151 e. The molecule has 0 fully saturated rings. The monoisotopic (exact) mass is 266 g/mol. The lowest BCUT2D eigenvalue weighted by atomic mass is 10.3. The smallest absolute Gasteiger partial charge is 0.151 e. The highest BCUT2D eigenvalue weighted by molar-refractivity contribution is 5.38. The third kappa shape index (κ3) is 5.53. The van der Waals surface area contributed by atoms with Crippen molar-refractivity contribution in [3.8, 4) is 0 Å². The Morgan fingerprint density at radius 3 is 2.42 bits per heavy atom. The van der Waals surface area contributed by atoms with Gasteiger partial charge in [-0.25, -0.2) is 0 Å². The lowest BCUT2D eigenvalue weighted by molar-refractivity contribution is 0.203. The van der Waals surface area contributed by atoms with Crippen molar-refractivity contribution >= 4 is 5.82 Å². The summed E-state index contributed by atoms with van der Waals surface area (Å²) >= 11 is 0. The number of methoxy groups -OCH3 is 1. The first kappa shape index (κ1) is 15.9. The highest BCUT2D eigenvalue weighted by atomic mass is 16.5. The average Bonchev–Trinajstić information content (AvgIpc) is 2.37. The van der Waals surface area contributed by atoms with Crippen LogP contribution in [0.5, 0.6) is 0 Å². The summed E-state index contributed by atoms with van der Waals surface area (Å²) in [5.74, 6) is 0.903. The molecule has 0 aliphatic rings. The van der Waals surface area contributed by atoms with Crippen LogP contribution < -0.4 is 10.2 Å². The molecule has 0 unspecified atom stereocenters. The van der Waals surface area contributed by atoms with Crippen molar-refractivity contribution in [3.05, 3.63) is 17.8 Å². The van der Waals surface area contributed by atoms with Crippen LogP contribution in [0, 0.1) is 0 Å². The van der Waals surface area contributed by atoms with Crippen molar-refractivity contribution < 1.29 is 4.74 Å². The van der Waals surface area contributed by atoms with Crippen LogP contribution in [0.3, 0.4) is 0 Å². The van der Waals surface area contributed by atoms with Crippen molar-refractivity contribution in [2.24, 2.45) is 0 Å². The molecule has 0 aliphatic heterocycles. The Morgan fingerprint density at radius 2 is 1.95 bits per heavy atom. The fourth-order valence-corrected chi connectivity index (χ4v) is 1.74. The number of anilines is 1. The molecule has 0 radical (unpaired) electrons. The van der Waals surface area contributed by atoms with Gasteiger partial charge in [0.15, 0.2) is 5.82 Å². The van der Waals surface area contributed by atoms with Gasteiger partial charge in [0.25, 0.3) is 0 Å². The van der Waals surface area contributed by atoms with Crippen molar-refractivity contribution in [1.29, 1.82) is 0 Å². The van der Waals surface area contributed by atoms with E-state index >= 15 is 0 Å². The number of nitrogens with zero attached hydrogens (tertiary/aromatic N) is 3. The molecule has 5 heteroatoms. The molecule has 19 heavy (non-hydrogen) atoms. The highest BCUT2D eigenvalue weighted by Crippen LogP contribution is 2.12. The van der Waals surface area contributed by atoms with E-state index in [1.807, 2.05) is 12.1 Å². The Kier molecular flexibility index (Phi) is 6.73. The molecule has 1 rings (SSSR count). The van der Waals surface area contributed by atoms with E-state index in [0.717, 1.165) is 24.6 Å². The first-order chi connectivity index (χ1) is 9.04. The van der Waals surface area contributed by atoms with Crippen LogP contribution in [-0.2, 0) is 11.3 Å². The van der Waals surface area contributed by atoms with E-state index in [-0.39, 0.29) is 0 Å². The van der Waals surface area contributed by atoms with E-state index in [4.69, 9.17) is 4.74 Å². The third-order valence-corrected chi connectivity index (χ3v) is 2.85. The second-order valence-corrected chi connectivity index (χ2v) is 5.20. The van der Waals surface area contributed by atoms with E-state index in [0.29, 0.717) is 18.7 Å². The van der Waals surface area contributed by atoms with Gasteiger partial charge in [0.1, 0.15) is 0 Å². The lowest BCUT2D eigenvalue weighted by Crippen LogP contribution is -2.34. The van der Waals surface area contributed by atoms with Gasteiger partial charge in [-0.3, -0.25) is 0 Å². The molecule has 1 N–H and O–H groups in total. The largest absolute Gasteiger partial charge is 0.383 e. The molecule has 0 aromatic carbocycles. The summed E-state index contributed by atoms with van der Waals surface area (Å²) < 4.78 is 5.13. The summed E-state index contributed by atoms with van der Waals surface area (Å²) in [4.78, 5) is 2.19. The van der Waals surface area contributed by atoms with Gasteiger partial charge in [-0.15, -0.1) is 5.10 Å². The quantitative estimate of drug-likeness (QED) is 0.778. The Morgan fingerprint density at radius 1 is 1.21 bits per heavy atom.